The molecular formula is C18H19N5O7. The van der Waals surface area contributed by atoms with Gasteiger partial charge in [-0.25, -0.2) is 0 Å². The number of benzene rings is 2. The number of rotatable bonds is 7. The molecule has 1 amide bonds. The number of carbonyl (C=O) groups is 1. The summed E-state index contributed by atoms with van der Waals surface area (Å²) in [5, 5.41) is 36.5. The molecule has 1 heterocycles. The molecule has 1 aliphatic heterocycles. The maximum Gasteiger partial charge on any atom is 0.290 e. The minimum atomic E-state index is -0.883. The normalized spacial score (nSPS) is 16.5. The van der Waals surface area contributed by atoms with Gasteiger partial charge in [0.15, 0.2) is 0 Å². The van der Waals surface area contributed by atoms with Crippen LogP contribution in [0.15, 0.2) is 24.3 Å². The average Bonchev–Trinajstić information content (AvgIpc) is 3.17. The number of likely N-dealkylation sites (N-methyl/N-ethyl adjacent to an activating group) is 1. The van der Waals surface area contributed by atoms with Gasteiger partial charge >= 0.3 is 0 Å². The Labute approximate surface area is 169 Å². The highest BCUT2D eigenvalue weighted by Crippen LogP contribution is 2.41. The Morgan fingerprint density at radius 1 is 1.13 bits per heavy atom. The van der Waals surface area contributed by atoms with Crippen LogP contribution in [0.2, 0.25) is 0 Å². The van der Waals surface area contributed by atoms with Gasteiger partial charge in [-0.1, -0.05) is 13.0 Å². The van der Waals surface area contributed by atoms with Crippen LogP contribution in [-0.4, -0.2) is 51.3 Å². The van der Waals surface area contributed by atoms with E-state index in [2.05, 4.69) is 10.2 Å². The quantitative estimate of drug-likeness (QED) is 0.531. The molecule has 1 fully saturated rings. The van der Waals surface area contributed by atoms with Crippen molar-refractivity contribution in [2.75, 3.05) is 19.6 Å². The summed E-state index contributed by atoms with van der Waals surface area (Å²) < 4.78 is 0. The SMILES string of the molecule is CCN1CCCC1CNC(=O)c1cc([N+](=O)[O-])c2c([N+](=O)[O-])cccc2c1[N+](=O)[O-]. The number of nitrogens with one attached hydrogen (secondary N) is 1. The fraction of sp³-hybridized carbons (Fsp3) is 0.389. The molecular weight excluding hydrogens is 398 g/mol. The van der Waals surface area contributed by atoms with Crippen LogP contribution < -0.4 is 5.32 Å². The van der Waals surface area contributed by atoms with E-state index in [0.29, 0.717) is 0 Å². The Morgan fingerprint density at radius 2 is 1.83 bits per heavy atom. The number of fused-ring (bicyclic) bond motifs is 1. The summed E-state index contributed by atoms with van der Waals surface area (Å²) in [5.41, 5.74) is -2.57. The highest BCUT2D eigenvalue weighted by atomic mass is 16.6. The molecule has 1 N–H and O–H groups in total. The van der Waals surface area contributed by atoms with Crippen molar-refractivity contribution in [2.24, 2.45) is 0 Å². The molecule has 0 aliphatic carbocycles. The largest absolute Gasteiger partial charge is 0.350 e. The maximum absolute atomic E-state index is 12.8. The second-order valence-corrected chi connectivity index (χ2v) is 6.90. The van der Waals surface area contributed by atoms with E-state index in [1.54, 1.807) is 0 Å². The fourth-order valence-corrected chi connectivity index (χ4v) is 3.94. The van der Waals surface area contributed by atoms with Gasteiger partial charge in [-0.15, -0.1) is 0 Å². The van der Waals surface area contributed by atoms with E-state index in [1.807, 2.05) is 6.92 Å². The van der Waals surface area contributed by atoms with Crippen LogP contribution in [0, 0.1) is 30.3 Å². The Kier molecular flexibility index (Phi) is 5.87. The number of amides is 1. The van der Waals surface area contributed by atoms with Gasteiger partial charge in [-0.05, 0) is 32.0 Å². The first-order valence-corrected chi connectivity index (χ1v) is 9.31. The van der Waals surface area contributed by atoms with Gasteiger partial charge in [-0.3, -0.25) is 40.0 Å². The Hall–Kier alpha value is -3.67. The van der Waals surface area contributed by atoms with Crippen LogP contribution in [0.5, 0.6) is 0 Å². The third kappa shape index (κ3) is 3.76. The first kappa shape index (κ1) is 21.0. The minimum Gasteiger partial charge on any atom is -0.350 e. The molecule has 0 saturated carbocycles. The lowest BCUT2D eigenvalue weighted by atomic mass is 10.00. The second kappa shape index (κ2) is 8.37. The summed E-state index contributed by atoms with van der Waals surface area (Å²) in [4.78, 5) is 47.0. The zero-order chi connectivity index (χ0) is 22.0. The number of hydrogen-bond donors (Lipinski definition) is 1. The topological polar surface area (TPSA) is 162 Å². The predicted molar refractivity (Wildman–Crippen MR) is 107 cm³/mol. The number of non-ortho nitro benzene ring substituents is 2. The molecule has 0 spiro atoms. The van der Waals surface area contributed by atoms with Crippen LogP contribution in [0.4, 0.5) is 17.1 Å². The number of nitro groups is 3. The van der Waals surface area contributed by atoms with E-state index < -0.39 is 48.7 Å². The molecule has 0 radical (unpaired) electrons. The van der Waals surface area contributed by atoms with Crippen molar-refractivity contribution in [2.45, 2.75) is 25.8 Å². The van der Waals surface area contributed by atoms with Crippen molar-refractivity contribution in [1.82, 2.24) is 10.2 Å². The molecule has 158 valence electrons. The Morgan fingerprint density at radius 3 is 2.43 bits per heavy atom. The monoisotopic (exact) mass is 417 g/mol. The summed E-state index contributed by atoms with van der Waals surface area (Å²) in [6.45, 7) is 3.92. The number of likely N-dealkylation sites (tertiary alicyclic amines) is 1. The van der Waals surface area contributed by atoms with Crippen molar-refractivity contribution in [3.05, 3.63) is 60.2 Å². The van der Waals surface area contributed by atoms with Gasteiger partial charge in [0, 0.05) is 24.7 Å². The van der Waals surface area contributed by atoms with Crippen LogP contribution in [-0.2, 0) is 0 Å². The third-order valence-corrected chi connectivity index (χ3v) is 5.31. The molecule has 1 aliphatic rings. The van der Waals surface area contributed by atoms with E-state index in [1.165, 1.54) is 12.1 Å². The highest BCUT2D eigenvalue weighted by molar-refractivity contribution is 6.11. The smallest absolute Gasteiger partial charge is 0.290 e. The van der Waals surface area contributed by atoms with E-state index in [4.69, 9.17) is 0 Å². The fourth-order valence-electron chi connectivity index (χ4n) is 3.94. The first-order chi connectivity index (χ1) is 14.3. The number of nitrogens with zero attached hydrogens (tertiary/aromatic N) is 4. The molecule has 30 heavy (non-hydrogen) atoms. The lowest BCUT2D eigenvalue weighted by Crippen LogP contribution is -2.40. The standard InChI is InChI=1S/C18H19N5O7/c1-2-20-8-4-5-11(20)10-19-18(24)13-9-15(22(27)28)16-12(17(13)23(29)30)6-3-7-14(16)21(25)26/h3,6-7,9,11H,2,4-5,8,10H2,1H3,(H,19,24). The van der Waals surface area contributed by atoms with Crippen LogP contribution in [0.25, 0.3) is 10.8 Å². The number of carbonyl (C=O) groups excluding carboxylic acids is 1. The Bertz CT molecular complexity index is 1050. The zero-order valence-electron chi connectivity index (χ0n) is 16.1. The molecule has 3 rings (SSSR count). The van der Waals surface area contributed by atoms with E-state index in [-0.39, 0.29) is 18.0 Å². The van der Waals surface area contributed by atoms with E-state index in [0.717, 1.165) is 38.1 Å². The summed E-state index contributed by atoms with van der Waals surface area (Å²) in [6.07, 6.45) is 1.83. The van der Waals surface area contributed by atoms with E-state index >= 15 is 0 Å². The second-order valence-electron chi connectivity index (χ2n) is 6.90. The third-order valence-electron chi connectivity index (χ3n) is 5.31. The lowest BCUT2D eigenvalue weighted by molar-refractivity contribution is -0.391. The van der Waals surface area contributed by atoms with Gasteiger partial charge in [0.2, 0.25) is 0 Å². The highest BCUT2D eigenvalue weighted by Gasteiger charge is 2.34. The molecule has 12 heteroatoms. The Balaban J connectivity index is 2.11. The van der Waals surface area contributed by atoms with Crippen molar-refractivity contribution in [1.29, 1.82) is 0 Å². The molecule has 1 atom stereocenters. The zero-order valence-corrected chi connectivity index (χ0v) is 16.1. The van der Waals surface area contributed by atoms with Gasteiger partial charge in [0.25, 0.3) is 23.0 Å². The van der Waals surface area contributed by atoms with Crippen molar-refractivity contribution in [3.63, 3.8) is 0 Å². The first-order valence-electron chi connectivity index (χ1n) is 9.31. The molecule has 1 saturated heterocycles. The van der Waals surface area contributed by atoms with Gasteiger partial charge < -0.3 is 5.32 Å². The van der Waals surface area contributed by atoms with Crippen molar-refractivity contribution < 1.29 is 19.6 Å². The summed E-state index contributed by atoms with van der Waals surface area (Å²) in [6, 6.07) is 4.21. The van der Waals surface area contributed by atoms with Gasteiger partial charge in [-0.2, -0.15) is 0 Å². The lowest BCUT2D eigenvalue weighted by Gasteiger charge is -2.22. The van der Waals surface area contributed by atoms with E-state index in [9.17, 15) is 35.1 Å². The summed E-state index contributed by atoms with van der Waals surface area (Å²) in [5.74, 6) is -0.832. The van der Waals surface area contributed by atoms with Crippen molar-refractivity contribution in [3.8, 4) is 0 Å². The molecule has 0 bridgehead atoms. The van der Waals surface area contributed by atoms with Crippen LogP contribution in [0.3, 0.4) is 0 Å². The van der Waals surface area contributed by atoms with Gasteiger partial charge in [0.1, 0.15) is 10.9 Å². The molecule has 1 unspecified atom stereocenters. The summed E-state index contributed by atoms with van der Waals surface area (Å²) >= 11 is 0. The number of hydrogen-bond acceptors (Lipinski definition) is 8. The average molecular weight is 417 g/mol. The maximum atomic E-state index is 12.8. The minimum absolute atomic E-state index is 0.0783. The van der Waals surface area contributed by atoms with Crippen LogP contribution >= 0.6 is 0 Å². The predicted octanol–water partition coefficient (Wildman–Crippen LogP) is 2.78. The van der Waals surface area contributed by atoms with Gasteiger partial charge in [0.05, 0.1) is 20.2 Å². The molecule has 12 nitrogen and oxygen atoms in total. The molecule has 0 aromatic heterocycles. The molecule has 2 aromatic rings. The van der Waals surface area contributed by atoms with Crippen LogP contribution in [0.1, 0.15) is 30.1 Å². The van der Waals surface area contributed by atoms with Crippen molar-refractivity contribution >= 4 is 33.7 Å². The number of nitro benzene ring substituents is 3. The molecule has 2 aromatic carbocycles. The summed E-state index contributed by atoms with van der Waals surface area (Å²) in [7, 11) is 0.